The number of rotatable bonds is 5. The van der Waals surface area contributed by atoms with E-state index in [0.717, 1.165) is 37.3 Å². The molecule has 27 heavy (non-hydrogen) atoms. The fourth-order valence-electron chi connectivity index (χ4n) is 3.27. The molecular formula is C21H19N5O. The number of carbonyl (C=O) groups is 1. The second-order valence-corrected chi connectivity index (χ2v) is 6.62. The van der Waals surface area contributed by atoms with Gasteiger partial charge in [-0.05, 0) is 36.2 Å². The van der Waals surface area contributed by atoms with E-state index in [1.54, 1.807) is 24.3 Å². The van der Waals surface area contributed by atoms with Crippen LogP contribution in [-0.2, 0) is 19.5 Å². The Kier molecular flexibility index (Phi) is 4.69. The third-order valence-corrected chi connectivity index (χ3v) is 4.78. The maximum Gasteiger partial charge on any atom is 0.256 e. The molecule has 0 saturated carbocycles. The molecule has 6 nitrogen and oxygen atoms in total. The predicted molar refractivity (Wildman–Crippen MR) is 102 cm³/mol. The molecule has 2 N–H and O–H groups in total. The molecule has 6 heteroatoms. The Balaban J connectivity index is 1.38. The Bertz CT molecular complexity index is 986. The number of nitrogens with one attached hydrogen (secondary N) is 2. The van der Waals surface area contributed by atoms with Gasteiger partial charge >= 0.3 is 0 Å². The van der Waals surface area contributed by atoms with Crippen molar-refractivity contribution in [1.82, 2.24) is 15.1 Å². The molecule has 0 aliphatic carbocycles. The number of benzene rings is 2. The molecule has 1 amide bonds. The molecule has 0 atom stereocenters. The van der Waals surface area contributed by atoms with Gasteiger partial charge in [0.25, 0.3) is 5.91 Å². The molecule has 3 aromatic rings. The van der Waals surface area contributed by atoms with Crippen LogP contribution < -0.4 is 5.32 Å². The third-order valence-electron chi connectivity index (χ3n) is 4.78. The summed E-state index contributed by atoms with van der Waals surface area (Å²) in [6, 6.07) is 19.0. The summed E-state index contributed by atoms with van der Waals surface area (Å²) < 4.78 is 0. The monoisotopic (exact) mass is 357 g/mol. The summed E-state index contributed by atoms with van der Waals surface area (Å²) in [5.41, 5.74) is 4.45. The van der Waals surface area contributed by atoms with Crippen LogP contribution in [0.25, 0.3) is 0 Å². The van der Waals surface area contributed by atoms with E-state index < -0.39 is 0 Å². The van der Waals surface area contributed by atoms with Crippen LogP contribution in [0.1, 0.15) is 32.7 Å². The van der Waals surface area contributed by atoms with Crippen LogP contribution in [0.4, 0.5) is 5.82 Å². The van der Waals surface area contributed by atoms with Crippen molar-refractivity contribution in [3.05, 3.63) is 82.5 Å². The van der Waals surface area contributed by atoms with Gasteiger partial charge in [0.2, 0.25) is 0 Å². The summed E-state index contributed by atoms with van der Waals surface area (Å²) in [5, 5.41) is 19.0. The van der Waals surface area contributed by atoms with Gasteiger partial charge < -0.3 is 5.32 Å². The summed E-state index contributed by atoms with van der Waals surface area (Å²) in [7, 11) is 0. The van der Waals surface area contributed by atoms with Gasteiger partial charge in [0, 0.05) is 30.8 Å². The highest BCUT2D eigenvalue weighted by Crippen LogP contribution is 2.27. The summed E-state index contributed by atoms with van der Waals surface area (Å²) in [5.74, 6) is 0.359. The van der Waals surface area contributed by atoms with Crippen molar-refractivity contribution in [2.45, 2.75) is 19.5 Å². The number of aromatic nitrogens is 2. The predicted octanol–water partition coefficient (Wildman–Crippen LogP) is 3.09. The van der Waals surface area contributed by atoms with Crippen molar-refractivity contribution < 1.29 is 4.79 Å². The number of nitriles is 1. The molecule has 0 radical (unpaired) electrons. The zero-order valence-electron chi connectivity index (χ0n) is 14.8. The number of amides is 1. The highest BCUT2D eigenvalue weighted by molar-refractivity contribution is 6.04. The Hall–Kier alpha value is -3.43. The van der Waals surface area contributed by atoms with E-state index in [0.29, 0.717) is 16.9 Å². The molecule has 1 aliphatic rings. The molecule has 1 aliphatic heterocycles. The lowest BCUT2D eigenvalue weighted by Crippen LogP contribution is -2.20. The smallest absolute Gasteiger partial charge is 0.256 e. The molecule has 134 valence electrons. The first kappa shape index (κ1) is 17.0. The van der Waals surface area contributed by atoms with Crippen LogP contribution in [0, 0.1) is 11.3 Å². The fraction of sp³-hybridized carbons (Fsp3) is 0.190. The topological polar surface area (TPSA) is 84.8 Å². The van der Waals surface area contributed by atoms with E-state index in [9.17, 15) is 4.79 Å². The molecule has 4 rings (SSSR count). The van der Waals surface area contributed by atoms with Gasteiger partial charge in [0.1, 0.15) is 0 Å². The van der Waals surface area contributed by atoms with Crippen molar-refractivity contribution >= 4 is 11.7 Å². The van der Waals surface area contributed by atoms with Gasteiger partial charge in [-0.25, -0.2) is 0 Å². The zero-order valence-corrected chi connectivity index (χ0v) is 14.8. The summed E-state index contributed by atoms with van der Waals surface area (Å²) in [6.07, 6.45) is 0.992. The van der Waals surface area contributed by atoms with Crippen molar-refractivity contribution in [1.29, 1.82) is 5.26 Å². The minimum Gasteiger partial charge on any atom is -0.305 e. The first-order valence-electron chi connectivity index (χ1n) is 8.87. The Labute approximate surface area is 157 Å². The minimum absolute atomic E-state index is 0.225. The normalized spacial score (nSPS) is 13.1. The largest absolute Gasteiger partial charge is 0.305 e. The van der Waals surface area contributed by atoms with E-state index >= 15 is 0 Å². The van der Waals surface area contributed by atoms with Gasteiger partial charge in [0.15, 0.2) is 5.82 Å². The Morgan fingerprint density at radius 2 is 1.93 bits per heavy atom. The first-order valence-corrected chi connectivity index (χ1v) is 8.87. The van der Waals surface area contributed by atoms with Crippen LogP contribution in [0.3, 0.4) is 0 Å². The maximum absolute atomic E-state index is 12.4. The number of nitrogens with zero attached hydrogens (tertiary/aromatic N) is 3. The van der Waals surface area contributed by atoms with Gasteiger partial charge in [-0.1, -0.05) is 30.3 Å². The lowest BCUT2D eigenvalue weighted by molar-refractivity contribution is 0.102. The van der Waals surface area contributed by atoms with Crippen molar-refractivity contribution in [2.24, 2.45) is 0 Å². The summed E-state index contributed by atoms with van der Waals surface area (Å²) >= 11 is 0. The van der Waals surface area contributed by atoms with E-state index in [1.807, 2.05) is 12.1 Å². The van der Waals surface area contributed by atoms with Gasteiger partial charge in [-0.2, -0.15) is 10.4 Å². The van der Waals surface area contributed by atoms with Crippen molar-refractivity contribution in [3.63, 3.8) is 0 Å². The van der Waals surface area contributed by atoms with E-state index in [4.69, 9.17) is 5.26 Å². The number of hydrogen-bond donors (Lipinski definition) is 2. The van der Waals surface area contributed by atoms with Gasteiger partial charge in [-0.15, -0.1) is 0 Å². The van der Waals surface area contributed by atoms with Crippen LogP contribution in [0.5, 0.6) is 0 Å². The average Bonchev–Trinajstić information content (AvgIpc) is 3.28. The molecule has 0 unspecified atom stereocenters. The number of anilines is 1. The van der Waals surface area contributed by atoms with Crippen LogP contribution in [-0.4, -0.2) is 27.5 Å². The highest BCUT2D eigenvalue weighted by Gasteiger charge is 2.25. The number of fused-ring (bicyclic) bond motifs is 1. The van der Waals surface area contributed by atoms with Gasteiger partial charge in [-0.3, -0.25) is 14.8 Å². The van der Waals surface area contributed by atoms with Crippen LogP contribution in [0.2, 0.25) is 0 Å². The van der Waals surface area contributed by atoms with Crippen LogP contribution in [0.15, 0.2) is 54.6 Å². The number of aromatic amines is 1. The third kappa shape index (κ3) is 3.73. The number of H-pyrrole nitrogens is 1. The SMILES string of the molecule is N#Cc1ccc(C(=O)Nc2n[nH]c3c2CN(CCc2ccccc2)C3)cc1. The molecule has 2 heterocycles. The van der Waals surface area contributed by atoms with E-state index in [1.165, 1.54) is 5.56 Å². The van der Waals surface area contributed by atoms with E-state index in [-0.39, 0.29) is 5.91 Å². The maximum atomic E-state index is 12.4. The quantitative estimate of drug-likeness (QED) is 0.735. The second kappa shape index (κ2) is 7.44. The molecule has 0 bridgehead atoms. The Morgan fingerprint density at radius 1 is 1.15 bits per heavy atom. The molecular weight excluding hydrogens is 338 g/mol. The number of carbonyl (C=O) groups excluding carboxylic acids is 1. The van der Waals surface area contributed by atoms with Gasteiger partial charge in [0.05, 0.1) is 17.3 Å². The molecule has 0 saturated heterocycles. The lowest BCUT2D eigenvalue weighted by atomic mass is 10.1. The summed E-state index contributed by atoms with van der Waals surface area (Å²) in [4.78, 5) is 14.8. The molecule has 0 fully saturated rings. The number of hydrogen-bond acceptors (Lipinski definition) is 4. The zero-order chi connectivity index (χ0) is 18.6. The molecule has 2 aromatic carbocycles. The standard InChI is InChI=1S/C21H19N5O/c22-12-16-6-8-17(9-7-16)21(27)23-20-18-13-26(14-19(18)24-25-20)11-10-15-4-2-1-3-5-15/h1-9H,10-11,13-14H2,(H2,23,24,25,27). The van der Waals surface area contributed by atoms with Crippen molar-refractivity contribution in [3.8, 4) is 6.07 Å². The molecule has 0 spiro atoms. The average molecular weight is 357 g/mol. The van der Waals surface area contributed by atoms with E-state index in [2.05, 4.69) is 44.7 Å². The summed E-state index contributed by atoms with van der Waals surface area (Å²) in [6.45, 7) is 2.53. The lowest BCUT2D eigenvalue weighted by Gasteiger charge is -2.15. The molecule has 1 aromatic heterocycles. The van der Waals surface area contributed by atoms with Crippen LogP contribution >= 0.6 is 0 Å². The Morgan fingerprint density at radius 3 is 2.67 bits per heavy atom. The van der Waals surface area contributed by atoms with Crippen molar-refractivity contribution in [2.75, 3.05) is 11.9 Å². The first-order chi connectivity index (χ1) is 13.2. The fourth-order valence-corrected chi connectivity index (χ4v) is 3.27. The minimum atomic E-state index is -0.225. The second-order valence-electron chi connectivity index (χ2n) is 6.62. The highest BCUT2D eigenvalue weighted by atomic mass is 16.1.